The molecule has 0 saturated heterocycles. The molecular weight excluding hydrogens is 314 g/mol. The van der Waals surface area contributed by atoms with Crippen molar-refractivity contribution in [3.8, 4) is 0 Å². The minimum Gasteiger partial charge on any atom is -0.325 e. The van der Waals surface area contributed by atoms with E-state index in [4.69, 9.17) is 0 Å². The highest BCUT2D eigenvalue weighted by atomic mass is 16.1. The van der Waals surface area contributed by atoms with E-state index in [0.717, 1.165) is 28.1 Å². The van der Waals surface area contributed by atoms with Crippen molar-refractivity contribution in [1.82, 2.24) is 15.1 Å². The lowest BCUT2D eigenvalue weighted by Gasteiger charge is -2.22. The summed E-state index contributed by atoms with van der Waals surface area (Å²) in [5.74, 6) is 0.00972. The van der Waals surface area contributed by atoms with Crippen LogP contribution < -0.4 is 10.9 Å². The van der Waals surface area contributed by atoms with Crippen LogP contribution in [-0.2, 0) is 11.2 Å². The van der Waals surface area contributed by atoms with Crippen LogP contribution in [0.5, 0.6) is 0 Å². The van der Waals surface area contributed by atoms with Crippen molar-refractivity contribution in [2.75, 3.05) is 0 Å². The lowest BCUT2D eigenvalue weighted by Crippen LogP contribution is -2.30. The zero-order valence-corrected chi connectivity index (χ0v) is 14.9. The summed E-state index contributed by atoms with van der Waals surface area (Å²) in [5.41, 5.74) is 4.20. The van der Waals surface area contributed by atoms with E-state index in [-0.39, 0.29) is 17.5 Å². The fourth-order valence-corrected chi connectivity index (χ4v) is 3.06. The molecule has 0 spiro atoms. The van der Waals surface area contributed by atoms with E-state index in [9.17, 15) is 9.59 Å². The minimum absolute atomic E-state index is 0.00972. The fraction of sp³-hybridized carbons (Fsp3) is 0.350. The molecule has 0 aliphatic carbocycles. The molecule has 1 aliphatic heterocycles. The molecule has 0 radical (unpaired) electrons. The van der Waals surface area contributed by atoms with Crippen LogP contribution in [0, 0.1) is 0 Å². The predicted molar refractivity (Wildman–Crippen MR) is 98.9 cm³/mol. The van der Waals surface area contributed by atoms with Crippen LogP contribution in [0.25, 0.3) is 11.3 Å². The molecule has 130 valence electrons. The number of rotatable bonds is 4. The van der Waals surface area contributed by atoms with Crippen molar-refractivity contribution < 1.29 is 4.79 Å². The standard InChI is InChI=1S/C20H23N3O2/c1-4-14-12-17(22-23(13(2)3)20(14)25)16-10-11-18(24)21-19(16)15-8-6-5-7-9-15/h5-9,12-13H,4,10-11H2,1-3H3,(H,21,24). The van der Waals surface area contributed by atoms with Gasteiger partial charge in [-0.25, -0.2) is 4.68 Å². The summed E-state index contributed by atoms with van der Waals surface area (Å²) in [6, 6.07) is 11.6. The Kier molecular flexibility index (Phi) is 4.83. The first-order valence-electron chi connectivity index (χ1n) is 8.72. The average molecular weight is 337 g/mol. The first kappa shape index (κ1) is 17.1. The molecular formula is C20H23N3O2. The quantitative estimate of drug-likeness (QED) is 0.932. The zero-order valence-electron chi connectivity index (χ0n) is 14.9. The van der Waals surface area contributed by atoms with E-state index in [0.29, 0.717) is 19.3 Å². The van der Waals surface area contributed by atoms with Crippen LogP contribution in [-0.4, -0.2) is 15.7 Å². The highest BCUT2D eigenvalue weighted by molar-refractivity contribution is 6.00. The van der Waals surface area contributed by atoms with Crippen LogP contribution in [0.2, 0.25) is 0 Å². The maximum absolute atomic E-state index is 12.5. The maximum atomic E-state index is 12.5. The summed E-state index contributed by atoms with van der Waals surface area (Å²) < 4.78 is 1.54. The number of amides is 1. The van der Waals surface area contributed by atoms with Crippen molar-refractivity contribution in [2.45, 2.75) is 46.1 Å². The van der Waals surface area contributed by atoms with Crippen LogP contribution in [0.1, 0.15) is 56.5 Å². The van der Waals surface area contributed by atoms with E-state index < -0.39 is 0 Å². The molecule has 5 heteroatoms. The van der Waals surface area contributed by atoms with Gasteiger partial charge >= 0.3 is 0 Å². The Morgan fingerprint density at radius 3 is 2.52 bits per heavy atom. The third-order valence-corrected chi connectivity index (χ3v) is 4.42. The summed E-state index contributed by atoms with van der Waals surface area (Å²) in [4.78, 5) is 24.4. The van der Waals surface area contributed by atoms with E-state index in [1.165, 1.54) is 0 Å². The van der Waals surface area contributed by atoms with Crippen molar-refractivity contribution in [1.29, 1.82) is 0 Å². The fourth-order valence-electron chi connectivity index (χ4n) is 3.06. The Morgan fingerprint density at radius 1 is 1.16 bits per heavy atom. The van der Waals surface area contributed by atoms with Gasteiger partial charge in [-0.05, 0) is 38.3 Å². The predicted octanol–water partition coefficient (Wildman–Crippen LogP) is 3.16. The molecule has 25 heavy (non-hydrogen) atoms. The van der Waals surface area contributed by atoms with Crippen LogP contribution in [0.15, 0.2) is 41.2 Å². The summed E-state index contributed by atoms with van der Waals surface area (Å²) >= 11 is 0. The SMILES string of the molecule is CCc1cc(C2=C(c3ccccc3)NC(=O)CC2)nn(C(C)C)c1=O. The molecule has 0 saturated carbocycles. The molecule has 0 bridgehead atoms. The lowest BCUT2D eigenvalue weighted by molar-refractivity contribution is -0.120. The molecule has 2 aromatic rings. The van der Waals surface area contributed by atoms with Gasteiger partial charge in [-0.15, -0.1) is 0 Å². The van der Waals surface area contributed by atoms with E-state index in [2.05, 4.69) is 10.4 Å². The second-order valence-corrected chi connectivity index (χ2v) is 6.52. The van der Waals surface area contributed by atoms with Gasteiger partial charge in [-0.1, -0.05) is 37.3 Å². The van der Waals surface area contributed by atoms with Gasteiger partial charge in [0.2, 0.25) is 5.91 Å². The Balaban J connectivity index is 2.23. The van der Waals surface area contributed by atoms with Crippen LogP contribution in [0.4, 0.5) is 0 Å². The summed E-state index contributed by atoms with van der Waals surface area (Å²) in [6.07, 6.45) is 1.69. The Hall–Kier alpha value is -2.69. The number of benzene rings is 1. The number of nitrogens with one attached hydrogen (secondary N) is 1. The van der Waals surface area contributed by atoms with Gasteiger partial charge < -0.3 is 5.32 Å². The van der Waals surface area contributed by atoms with Gasteiger partial charge in [-0.3, -0.25) is 9.59 Å². The van der Waals surface area contributed by atoms with Gasteiger partial charge in [0.1, 0.15) is 0 Å². The largest absolute Gasteiger partial charge is 0.325 e. The number of allylic oxidation sites excluding steroid dienone is 1. The van der Waals surface area contributed by atoms with Crippen molar-refractivity contribution >= 4 is 17.2 Å². The molecule has 0 atom stereocenters. The first-order chi connectivity index (χ1) is 12.0. The van der Waals surface area contributed by atoms with E-state index in [1.807, 2.05) is 57.2 Å². The minimum atomic E-state index is -0.0389. The lowest BCUT2D eigenvalue weighted by atomic mass is 9.95. The number of aryl methyl sites for hydroxylation is 1. The Morgan fingerprint density at radius 2 is 1.88 bits per heavy atom. The second kappa shape index (κ2) is 7.05. The number of carbonyl (C=O) groups excluding carboxylic acids is 1. The van der Waals surface area contributed by atoms with Crippen LogP contribution >= 0.6 is 0 Å². The van der Waals surface area contributed by atoms with Crippen molar-refractivity contribution in [3.63, 3.8) is 0 Å². The summed E-state index contributed by atoms with van der Waals surface area (Å²) in [6.45, 7) is 5.87. The molecule has 1 aromatic heterocycles. The normalized spacial score (nSPS) is 14.8. The van der Waals surface area contributed by atoms with E-state index >= 15 is 0 Å². The second-order valence-electron chi connectivity index (χ2n) is 6.52. The number of hydrogen-bond acceptors (Lipinski definition) is 3. The van der Waals surface area contributed by atoms with Gasteiger partial charge in [0.05, 0.1) is 17.4 Å². The Bertz CT molecular complexity index is 880. The van der Waals surface area contributed by atoms with Crippen LogP contribution in [0.3, 0.4) is 0 Å². The highest BCUT2D eigenvalue weighted by Gasteiger charge is 2.23. The maximum Gasteiger partial charge on any atom is 0.270 e. The number of aromatic nitrogens is 2. The first-order valence-corrected chi connectivity index (χ1v) is 8.72. The van der Waals surface area contributed by atoms with Gasteiger partial charge in [0, 0.05) is 17.6 Å². The molecule has 1 aliphatic rings. The smallest absolute Gasteiger partial charge is 0.270 e. The molecule has 0 unspecified atom stereocenters. The van der Waals surface area contributed by atoms with Gasteiger partial charge in [-0.2, -0.15) is 5.10 Å². The molecule has 2 heterocycles. The number of carbonyl (C=O) groups is 1. The molecule has 0 fully saturated rings. The Labute approximate surface area is 147 Å². The van der Waals surface area contributed by atoms with Gasteiger partial charge in [0.15, 0.2) is 0 Å². The topological polar surface area (TPSA) is 64.0 Å². The summed E-state index contributed by atoms with van der Waals surface area (Å²) in [7, 11) is 0. The third-order valence-electron chi connectivity index (χ3n) is 4.42. The molecule has 3 rings (SSSR count). The van der Waals surface area contributed by atoms with E-state index in [1.54, 1.807) is 4.68 Å². The molecule has 1 amide bonds. The molecule has 5 nitrogen and oxygen atoms in total. The average Bonchev–Trinajstić information content (AvgIpc) is 2.62. The number of hydrogen-bond donors (Lipinski definition) is 1. The summed E-state index contributed by atoms with van der Waals surface area (Å²) in [5, 5.41) is 7.60. The van der Waals surface area contributed by atoms with Gasteiger partial charge in [0.25, 0.3) is 5.56 Å². The number of nitrogens with zero attached hydrogens (tertiary/aromatic N) is 2. The third kappa shape index (κ3) is 3.40. The van der Waals surface area contributed by atoms with Crippen molar-refractivity contribution in [2.24, 2.45) is 0 Å². The monoisotopic (exact) mass is 337 g/mol. The molecule has 1 aromatic carbocycles. The zero-order chi connectivity index (χ0) is 18.0. The van der Waals surface area contributed by atoms with Crippen molar-refractivity contribution in [3.05, 3.63) is 63.6 Å². The molecule has 1 N–H and O–H groups in total. The highest BCUT2D eigenvalue weighted by Crippen LogP contribution is 2.30.